The molecule has 6 nitrogen and oxygen atoms in total. The van der Waals surface area contributed by atoms with E-state index in [0.717, 1.165) is 22.8 Å². The first-order valence-electron chi connectivity index (χ1n) is 8.30. The van der Waals surface area contributed by atoms with Gasteiger partial charge in [0.05, 0.1) is 7.11 Å². The monoisotopic (exact) mass is 361 g/mol. The van der Waals surface area contributed by atoms with Gasteiger partial charge >= 0.3 is 0 Å². The minimum atomic E-state index is 0.648. The highest BCUT2D eigenvalue weighted by molar-refractivity contribution is 5.80. The molecule has 3 aromatic carbocycles. The standard InChI is InChI=1S/C21H19N3O3/c1-27-21-12-10-20(11-13-21)24(18-6-2-16(3-7-18)22-14-25)19-8-4-17(5-9-19)23-15-26/h2-15H,1H3,(H,22,25)(H,23,26). The SMILES string of the molecule is COc1ccc(N(c2ccc(NC=O)cc2)c2ccc(NC=O)cc2)cc1. The van der Waals surface area contributed by atoms with E-state index < -0.39 is 0 Å². The maximum atomic E-state index is 10.6. The van der Waals surface area contributed by atoms with Crippen LogP contribution in [0.4, 0.5) is 28.4 Å². The van der Waals surface area contributed by atoms with Crippen molar-refractivity contribution in [2.24, 2.45) is 0 Å². The summed E-state index contributed by atoms with van der Waals surface area (Å²) in [5.74, 6) is 0.773. The second-order valence-electron chi connectivity index (χ2n) is 5.65. The first-order valence-corrected chi connectivity index (χ1v) is 8.30. The average molecular weight is 361 g/mol. The number of hydrogen-bond acceptors (Lipinski definition) is 4. The van der Waals surface area contributed by atoms with Crippen LogP contribution in [0, 0.1) is 0 Å². The molecule has 3 aromatic rings. The van der Waals surface area contributed by atoms with Crippen molar-refractivity contribution in [3.05, 3.63) is 72.8 Å². The van der Waals surface area contributed by atoms with Crippen molar-refractivity contribution >= 4 is 41.3 Å². The van der Waals surface area contributed by atoms with Gasteiger partial charge < -0.3 is 20.3 Å². The van der Waals surface area contributed by atoms with E-state index in [1.54, 1.807) is 7.11 Å². The number of carbonyl (C=O) groups is 2. The molecular formula is C21H19N3O3. The average Bonchev–Trinajstić information content (AvgIpc) is 2.72. The molecule has 0 spiro atoms. The van der Waals surface area contributed by atoms with Crippen molar-refractivity contribution < 1.29 is 14.3 Å². The molecule has 2 N–H and O–H groups in total. The summed E-state index contributed by atoms with van der Waals surface area (Å²) in [6.07, 6.45) is 1.30. The lowest BCUT2D eigenvalue weighted by Gasteiger charge is -2.26. The molecule has 27 heavy (non-hydrogen) atoms. The zero-order chi connectivity index (χ0) is 19.1. The largest absolute Gasteiger partial charge is 0.497 e. The van der Waals surface area contributed by atoms with Gasteiger partial charge in [0, 0.05) is 28.4 Å². The molecule has 2 amide bonds. The molecule has 0 aliphatic rings. The Bertz CT molecular complexity index is 838. The number of benzene rings is 3. The fourth-order valence-electron chi connectivity index (χ4n) is 2.73. The molecule has 0 atom stereocenters. The van der Waals surface area contributed by atoms with Crippen LogP contribution in [-0.4, -0.2) is 19.9 Å². The van der Waals surface area contributed by atoms with Gasteiger partial charge in [-0.2, -0.15) is 0 Å². The molecule has 3 rings (SSSR count). The number of anilines is 5. The first-order chi connectivity index (χ1) is 13.2. The Morgan fingerprint density at radius 2 is 1.04 bits per heavy atom. The van der Waals surface area contributed by atoms with Crippen LogP contribution in [-0.2, 0) is 9.59 Å². The van der Waals surface area contributed by atoms with Crippen molar-refractivity contribution in [3.63, 3.8) is 0 Å². The molecular weight excluding hydrogens is 342 g/mol. The fourth-order valence-corrected chi connectivity index (χ4v) is 2.73. The second kappa shape index (κ2) is 8.53. The van der Waals surface area contributed by atoms with Crippen molar-refractivity contribution in [3.8, 4) is 5.75 Å². The van der Waals surface area contributed by atoms with Crippen LogP contribution in [0.5, 0.6) is 5.75 Å². The van der Waals surface area contributed by atoms with E-state index >= 15 is 0 Å². The molecule has 0 aliphatic heterocycles. The Labute approximate surface area is 157 Å². The summed E-state index contributed by atoms with van der Waals surface area (Å²) in [4.78, 5) is 23.3. The topological polar surface area (TPSA) is 70.7 Å². The van der Waals surface area contributed by atoms with Crippen molar-refractivity contribution in [1.82, 2.24) is 0 Å². The Morgan fingerprint density at radius 1 is 0.667 bits per heavy atom. The number of nitrogens with zero attached hydrogens (tertiary/aromatic N) is 1. The Morgan fingerprint density at radius 3 is 1.37 bits per heavy atom. The third-order valence-corrected chi connectivity index (χ3v) is 4.03. The summed E-state index contributed by atoms with van der Waals surface area (Å²) in [5, 5.41) is 5.27. The van der Waals surface area contributed by atoms with Gasteiger partial charge in [-0.3, -0.25) is 9.59 Å². The van der Waals surface area contributed by atoms with Crippen LogP contribution in [0.25, 0.3) is 0 Å². The van der Waals surface area contributed by atoms with Gasteiger partial charge in [0.2, 0.25) is 12.8 Å². The second-order valence-corrected chi connectivity index (χ2v) is 5.65. The van der Waals surface area contributed by atoms with Gasteiger partial charge in [0.25, 0.3) is 0 Å². The quantitative estimate of drug-likeness (QED) is 0.587. The van der Waals surface area contributed by atoms with Crippen molar-refractivity contribution in [2.45, 2.75) is 0 Å². The smallest absolute Gasteiger partial charge is 0.211 e. The normalized spacial score (nSPS) is 9.96. The number of ether oxygens (including phenoxy) is 1. The lowest BCUT2D eigenvalue weighted by Crippen LogP contribution is -2.10. The molecule has 136 valence electrons. The Balaban J connectivity index is 2.01. The molecule has 0 heterocycles. The highest BCUT2D eigenvalue weighted by atomic mass is 16.5. The van der Waals surface area contributed by atoms with Gasteiger partial charge in [0.1, 0.15) is 5.75 Å². The summed E-state index contributed by atoms with van der Waals surface area (Å²) in [6, 6.07) is 22.8. The molecule has 0 bridgehead atoms. The minimum Gasteiger partial charge on any atom is -0.497 e. The van der Waals surface area contributed by atoms with Crippen LogP contribution in [0.15, 0.2) is 72.8 Å². The molecule has 0 aliphatic carbocycles. The first kappa shape index (κ1) is 18.0. The summed E-state index contributed by atoms with van der Waals surface area (Å²) < 4.78 is 5.24. The maximum Gasteiger partial charge on any atom is 0.211 e. The Hall–Kier alpha value is -3.80. The Kier molecular flexibility index (Phi) is 5.69. The maximum absolute atomic E-state index is 10.6. The van der Waals surface area contributed by atoms with Gasteiger partial charge in [-0.25, -0.2) is 0 Å². The predicted octanol–water partition coefficient (Wildman–Crippen LogP) is 4.30. The van der Waals surface area contributed by atoms with E-state index in [4.69, 9.17) is 4.74 Å². The molecule has 6 heteroatoms. The molecule has 0 fully saturated rings. The van der Waals surface area contributed by atoms with Gasteiger partial charge in [-0.1, -0.05) is 0 Å². The van der Waals surface area contributed by atoms with Crippen LogP contribution in [0.3, 0.4) is 0 Å². The number of nitrogens with one attached hydrogen (secondary N) is 2. The number of amides is 2. The van der Waals surface area contributed by atoms with Crippen LogP contribution >= 0.6 is 0 Å². The highest BCUT2D eigenvalue weighted by Crippen LogP contribution is 2.36. The minimum absolute atomic E-state index is 0.648. The molecule has 0 aromatic heterocycles. The van der Waals surface area contributed by atoms with Crippen molar-refractivity contribution in [1.29, 1.82) is 0 Å². The van der Waals surface area contributed by atoms with E-state index in [1.165, 1.54) is 0 Å². The third-order valence-electron chi connectivity index (χ3n) is 4.03. The summed E-state index contributed by atoms with van der Waals surface area (Å²) in [6.45, 7) is 0. The van der Waals surface area contributed by atoms with Gasteiger partial charge in [-0.15, -0.1) is 0 Å². The number of carbonyl (C=O) groups excluding carboxylic acids is 2. The van der Waals surface area contributed by atoms with Crippen LogP contribution in [0.1, 0.15) is 0 Å². The molecule has 0 saturated carbocycles. The molecule has 0 unspecified atom stereocenters. The summed E-state index contributed by atoms with van der Waals surface area (Å²) in [5.41, 5.74) is 4.23. The lowest BCUT2D eigenvalue weighted by molar-refractivity contribution is -0.106. The fraction of sp³-hybridized carbons (Fsp3) is 0.0476. The van der Waals surface area contributed by atoms with E-state index in [1.807, 2.05) is 72.8 Å². The van der Waals surface area contributed by atoms with Crippen LogP contribution in [0.2, 0.25) is 0 Å². The third kappa shape index (κ3) is 4.24. The lowest BCUT2D eigenvalue weighted by atomic mass is 10.1. The van der Waals surface area contributed by atoms with E-state index in [9.17, 15) is 9.59 Å². The number of hydrogen-bond donors (Lipinski definition) is 2. The van der Waals surface area contributed by atoms with Crippen molar-refractivity contribution in [2.75, 3.05) is 22.6 Å². The van der Waals surface area contributed by atoms with E-state index in [-0.39, 0.29) is 0 Å². The van der Waals surface area contributed by atoms with Gasteiger partial charge in [-0.05, 0) is 72.8 Å². The molecule has 0 radical (unpaired) electrons. The molecule has 0 saturated heterocycles. The number of methoxy groups -OCH3 is 1. The number of rotatable bonds is 8. The summed E-state index contributed by atoms with van der Waals surface area (Å²) in [7, 11) is 1.63. The summed E-state index contributed by atoms with van der Waals surface area (Å²) >= 11 is 0. The van der Waals surface area contributed by atoms with E-state index in [0.29, 0.717) is 24.2 Å². The zero-order valence-corrected chi connectivity index (χ0v) is 14.8. The van der Waals surface area contributed by atoms with Gasteiger partial charge in [0.15, 0.2) is 0 Å². The highest BCUT2D eigenvalue weighted by Gasteiger charge is 2.12. The zero-order valence-electron chi connectivity index (χ0n) is 14.8. The van der Waals surface area contributed by atoms with E-state index in [2.05, 4.69) is 15.5 Å². The predicted molar refractivity (Wildman–Crippen MR) is 107 cm³/mol. The van der Waals surface area contributed by atoms with Crippen LogP contribution < -0.4 is 20.3 Å².